The predicted octanol–water partition coefficient (Wildman–Crippen LogP) is 4.32. The van der Waals surface area contributed by atoms with Crippen molar-refractivity contribution in [1.82, 2.24) is 9.97 Å². The Morgan fingerprint density at radius 1 is 1.25 bits per heavy atom. The standard InChI is InChI=1S/C20H20F4N4O4/c1-2-32-19(29)13-3-5-27(6-4-13)18-17(28(30)31)16(25-11-26-18)14-7-12(10-21)8-15(9-14)20(22,23)24/h7-9,11,13H,2-6,10H2,1H3. The smallest absolute Gasteiger partial charge is 0.416 e. The summed E-state index contributed by atoms with van der Waals surface area (Å²) in [5, 5.41) is 11.9. The first-order chi connectivity index (χ1) is 15.2. The van der Waals surface area contributed by atoms with Crippen molar-refractivity contribution in [1.29, 1.82) is 0 Å². The van der Waals surface area contributed by atoms with Crippen LogP contribution in [0, 0.1) is 16.0 Å². The molecule has 0 N–H and O–H groups in total. The lowest BCUT2D eigenvalue weighted by Gasteiger charge is -2.31. The van der Waals surface area contributed by atoms with Gasteiger partial charge in [0.25, 0.3) is 0 Å². The molecule has 1 fully saturated rings. The summed E-state index contributed by atoms with van der Waals surface area (Å²) < 4.78 is 58.0. The summed E-state index contributed by atoms with van der Waals surface area (Å²) in [5.41, 5.74) is -2.56. The number of rotatable bonds is 6. The highest BCUT2D eigenvalue weighted by molar-refractivity contribution is 5.78. The lowest BCUT2D eigenvalue weighted by molar-refractivity contribution is -0.383. The van der Waals surface area contributed by atoms with Crippen molar-refractivity contribution in [2.45, 2.75) is 32.6 Å². The zero-order valence-corrected chi connectivity index (χ0v) is 17.1. The Labute approximate surface area is 180 Å². The molecule has 172 valence electrons. The van der Waals surface area contributed by atoms with Gasteiger partial charge < -0.3 is 9.64 Å². The van der Waals surface area contributed by atoms with Crippen LogP contribution in [0.5, 0.6) is 0 Å². The molecule has 0 atom stereocenters. The van der Waals surface area contributed by atoms with Crippen molar-refractivity contribution in [3.63, 3.8) is 0 Å². The Balaban J connectivity index is 2.00. The van der Waals surface area contributed by atoms with Crippen LogP contribution < -0.4 is 4.90 Å². The van der Waals surface area contributed by atoms with Crippen molar-refractivity contribution in [3.05, 3.63) is 45.8 Å². The highest BCUT2D eigenvalue weighted by Gasteiger charge is 2.35. The van der Waals surface area contributed by atoms with E-state index in [9.17, 15) is 32.5 Å². The van der Waals surface area contributed by atoms with Gasteiger partial charge in [-0.3, -0.25) is 14.9 Å². The number of nitro groups is 1. The van der Waals surface area contributed by atoms with Crippen LogP contribution in [0.3, 0.4) is 0 Å². The zero-order valence-electron chi connectivity index (χ0n) is 17.1. The molecule has 8 nitrogen and oxygen atoms in total. The summed E-state index contributed by atoms with van der Waals surface area (Å²) in [4.78, 5) is 32.5. The molecule has 0 amide bonds. The fourth-order valence-electron chi connectivity index (χ4n) is 3.64. The van der Waals surface area contributed by atoms with Gasteiger partial charge in [0.1, 0.15) is 13.0 Å². The van der Waals surface area contributed by atoms with Crippen LogP contribution in [-0.2, 0) is 22.4 Å². The Kier molecular flexibility index (Phi) is 6.90. The van der Waals surface area contributed by atoms with Gasteiger partial charge in [-0.2, -0.15) is 13.2 Å². The van der Waals surface area contributed by atoms with Crippen molar-refractivity contribution in [3.8, 4) is 11.3 Å². The van der Waals surface area contributed by atoms with Gasteiger partial charge in [0.15, 0.2) is 5.69 Å². The SMILES string of the molecule is CCOC(=O)C1CCN(c2ncnc(-c3cc(CF)cc(C(F)(F)F)c3)c2[N+](=O)[O-])CC1. The van der Waals surface area contributed by atoms with E-state index in [-0.39, 0.29) is 54.2 Å². The minimum absolute atomic E-state index is 0.0680. The monoisotopic (exact) mass is 456 g/mol. The topological polar surface area (TPSA) is 98.5 Å². The number of aromatic nitrogens is 2. The molecule has 0 saturated carbocycles. The quantitative estimate of drug-likeness (QED) is 0.276. The highest BCUT2D eigenvalue weighted by Crippen LogP contribution is 2.39. The molecule has 0 spiro atoms. The molecule has 1 saturated heterocycles. The molecule has 32 heavy (non-hydrogen) atoms. The number of carbonyl (C=O) groups excluding carboxylic acids is 1. The molecule has 0 bridgehead atoms. The van der Waals surface area contributed by atoms with E-state index in [0.717, 1.165) is 12.4 Å². The second kappa shape index (κ2) is 9.45. The number of hydrogen-bond donors (Lipinski definition) is 0. The summed E-state index contributed by atoms with van der Waals surface area (Å²) in [6.45, 7) is 1.29. The van der Waals surface area contributed by atoms with Gasteiger partial charge in [-0.15, -0.1) is 0 Å². The first kappa shape index (κ1) is 23.4. The second-order valence-electron chi connectivity index (χ2n) is 7.21. The number of halogens is 4. The highest BCUT2D eigenvalue weighted by atomic mass is 19.4. The Morgan fingerprint density at radius 2 is 1.94 bits per heavy atom. The summed E-state index contributed by atoms with van der Waals surface area (Å²) in [6, 6.07) is 2.45. The van der Waals surface area contributed by atoms with Crippen LogP contribution in [0.4, 0.5) is 29.1 Å². The van der Waals surface area contributed by atoms with Crippen LogP contribution >= 0.6 is 0 Å². The van der Waals surface area contributed by atoms with Gasteiger partial charge in [-0.25, -0.2) is 14.4 Å². The van der Waals surface area contributed by atoms with Crippen molar-refractivity contribution in [2.75, 3.05) is 24.6 Å². The summed E-state index contributed by atoms with van der Waals surface area (Å²) >= 11 is 0. The molecule has 1 aliphatic heterocycles. The van der Waals surface area contributed by atoms with Crippen LogP contribution in [0.25, 0.3) is 11.3 Å². The molecule has 1 aromatic carbocycles. The fraction of sp³-hybridized carbons (Fsp3) is 0.450. The van der Waals surface area contributed by atoms with Crippen molar-refractivity contribution < 1.29 is 32.0 Å². The summed E-state index contributed by atoms with van der Waals surface area (Å²) in [5.74, 6) is -0.753. The summed E-state index contributed by atoms with van der Waals surface area (Å²) in [6.07, 6.45) is -2.99. The lowest BCUT2D eigenvalue weighted by Crippen LogP contribution is -2.37. The van der Waals surface area contributed by atoms with Crippen molar-refractivity contribution >= 4 is 17.5 Å². The average Bonchev–Trinajstić information content (AvgIpc) is 2.77. The first-order valence-corrected chi connectivity index (χ1v) is 9.84. The van der Waals surface area contributed by atoms with E-state index in [4.69, 9.17) is 4.74 Å². The largest absolute Gasteiger partial charge is 0.466 e. The van der Waals surface area contributed by atoms with Gasteiger partial charge >= 0.3 is 17.8 Å². The number of carbonyl (C=O) groups is 1. The van der Waals surface area contributed by atoms with E-state index in [2.05, 4.69) is 9.97 Å². The normalized spacial score (nSPS) is 15.0. The molecule has 0 aliphatic carbocycles. The minimum Gasteiger partial charge on any atom is -0.466 e. The maximum absolute atomic E-state index is 13.3. The van der Waals surface area contributed by atoms with E-state index in [0.29, 0.717) is 25.0 Å². The van der Waals surface area contributed by atoms with Crippen LogP contribution in [-0.4, -0.2) is 40.6 Å². The van der Waals surface area contributed by atoms with Crippen LogP contribution in [0.15, 0.2) is 24.5 Å². The van der Waals surface area contributed by atoms with Crippen LogP contribution in [0.1, 0.15) is 30.9 Å². The van der Waals surface area contributed by atoms with E-state index >= 15 is 0 Å². The maximum atomic E-state index is 13.3. The van der Waals surface area contributed by atoms with Gasteiger partial charge in [-0.05, 0) is 43.5 Å². The Morgan fingerprint density at radius 3 is 2.50 bits per heavy atom. The number of alkyl halides is 4. The number of ether oxygens (including phenoxy) is 1. The molecule has 0 unspecified atom stereocenters. The van der Waals surface area contributed by atoms with Gasteiger partial charge in [0.2, 0.25) is 5.82 Å². The molecular formula is C20H20F4N4O4. The fourth-order valence-corrected chi connectivity index (χ4v) is 3.64. The second-order valence-corrected chi connectivity index (χ2v) is 7.21. The molecule has 12 heteroatoms. The molecule has 3 rings (SSSR count). The lowest BCUT2D eigenvalue weighted by atomic mass is 9.96. The molecular weight excluding hydrogens is 436 g/mol. The van der Waals surface area contributed by atoms with Gasteiger partial charge in [0, 0.05) is 18.7 Å². The molecule has 1 aromatic heterocycles. The maximum Gasteiger partial charge on any atom is 0.416 e. The number of esters is 1. The Hall–Kier alpha value is -3.31. The number of benzene rings is 1. The minimum atomic E-state index is -4.76. The number of hydrogen-bond acceptors (Lipinski definition) is 7. The zero-order chi connectivity index (χ0) is 23.5. The van der Waals surface area contributed by atoms with E-state index in [1.54, 1.807) is 11.8 Å². The van der Waals surface area contributed by atoms with Crippen LogP contribution in [0.2, 0.25) is 0 Å². The Bertz CT molecular complexity index is 1010. The number of anilines is 1. The van der Waals surface area contributed by atoms with Gasteiger partial charge in [-0.1, -0.05) is 0 Å². The average molecular weight is 456 g/mol. The number of nitrogens with zero attached hydrogens (tertiary/aromatic N) is 4. The van der Waals surface area contributed by atoms with Crippen molar-refractivity contribution in [2.24, 2.45) is 5.92 Å². The molecule has 2 aromatic rings. The summed E-state index contributed by atoms with van der Waals surface area (Å²) in [7, 11) is 0. The third-order valence-corrected chi connectivity index (χ3v) is 5.15. The third kappa shape index (κ3) is 4.94. The molecule has 2 heterocycles. The molecule has 0 radical (unpaired) electrons. The molecule has 1 aliphatic rings. The number of piperidine rings is 1. The van der Waals surface area contributed by atoms with E-state index < -0.39 is 29.0 Å². The van der Waals surface area contributed by atoms with E-state index in [1.807, 2.05) is 0 Å². The third-order valence-electron chi connectivity index (χ3n) is 5.15. The van der Waals surface area contributed by atoms with Gasteiger partial charge in [0.05, 0.1) is 23.0 Å². The predicted molar refractivity (Wildman–Crippen MR) is 106 cm³/mol. The van der Waals surface area contributed by atoms with E-state index in [1.165, 1.54) is 0 Å². The first-order valence-electron chi connectivity index (χ1n) is 9.84.